The van der Waals surface area contributed by atoms with Crippen molar-refractivity contribution in [1.29, 1.82) is 0 Å². The third-order valence-electron chi connectivity index (χ3n) is 4.22. The van der Waals surface area contributed by atoms with E-state index in [-0.39, 0.29) is 5.75 Å². The molecule has 1 aromatic heterocycles. The number of rotatable bonds is 10. The van der Waals surface area contributed by atoms with Crippen LogP contribution in [-0.2, 0) is 19.3 Å². The lowest BCUT2D eigenvalue weighted by molar-refractivity contribution is 0.304. The van der Waals surface area contributed by atoms with Crippen molar-refractivity contribution in [2.75, 3.05) is 6.61 Å². The van der Waals surface area contributed by atoms with Gasteiger partial charge in [0.15, 0.2) is 0 Å². The van der Waals surface area contributed by atoms with Crippen molar-refractivity contribution in [3.8, 4) is 11.5 Å². The van der Waals surface area contributed by atoms with Crippen molar-refractivity contribution in [3.05, 3.63) is 40.2 Å². The lowest BCUT2D eigenvalue weighted by Crippen LogP contribution is -1.98. The number of nitrogens with one attached hydrogen (secondary N) is 1. The van der Waals surface area contributed by atoms with Crippen LogP contribution < -0.4 is 4.74 Å². The fraction of sp³-hybridized carbons (Fsp3) is 0.526. The molecular formula is C19H27ClN2O2. The molecule has 0 bridgehead atoms. The molecule has 0 aliphatic carbocycles. The predicted molar refractivity (Wildman–Crippen MR) is 98.1 cm³/mol. The Morgan fingerprint density at radius 1 is 1.12 bits per heavy atom. The molecule has 0 atom stereocenters. The molecule has 2 aromatic rings. The van der Waals surface area contributed by atoms with Gasteiger partial charge in [0, 0.05) is 11.8 Å². The van der Waals surface area contributed by atoms with E-state index in [1.165, 1.54) is 35.9 Å². The second-order valence-electron chi connectivity index (χ2n) is 5.96. The van der Waals surface area contributed by atoms with E-state index in [2.05, 4.69) is 24.0 Å². The minimum Gasteiger partial charge on any atom is -0.508 e. The van der Waals surface area contributed by atoms with Crippen molar-refractivity contribution in [2.24, 2.45) is 0 Å². The van der Waals surface area contributed by atoms with Gasteiger partial charge in [0.2, 0.25) is 0 Å². The lowest BCUT2D eigenvalue weighted by Gasteiger charge is -2.08. The van der Waals surface area contributed by atoms with Crippen LogP contribution in [-0.4, -0.2) is 21.9 Å². The Balaban J connectivity index is 1.64. The highest BCUT2D eigenvalue weighted by Crippen LogP contribution is 2.28. The molecule has 2 rings (SSSR count). The van der Waals surface area contributed by atoms with Gasteiger partial charge >= 0.3 is 0 Å². The van der Waals surface area contributed by atoms with Crippen LogP contribution in [0, 0.1) is 0 Å². The minimum absolute atomic E-state index is 0.157. The number of aryl methyl sites for hydroxylation is 2. The van der Waals surface area contributed by atoms with Crippen LogP contribution >= 0.6 is 11.6 Å². The molecule has 2 N–H and O–H groups in total. The summed E-state index contributed by atoms with van der Waals surface area (Å²) in [6.45, 7) is 4.98. The van der Waals surface area contributed by atoms with Crippen LogP contribution in [0.3, 0.4) is 0 Å². The van der Waals surface area contributed by atoms with E-state index in [0.29, 0.717) is 17.4 Å². The summed E-state index contributed by atoms with van der Waals surface area (Å²) in [5.41, 5.74) is 3.93. The number of phenols is 1. The Labute approximate surface area is 149 Å². The summed E-state index contributed by atoms with van der Waals surface area (Å²) in [4.78, 5) is 0. The Hall–Kier alpha value is -1.68. The monoisotopic (exact) mass is 350 g/mol. The number of hydrogen-bond acceptors (Lipinski definition) is 3. The number of halogens is 1. The number of ether oxygens (including phenoxy) is 1. The number of hydrogen-bond donors (Lipinski definition) is 2. The van der Waals surface area contributed by atoms with E-state index in [0.717, 1.165) is 32.1 Å². The highest BCUT2D eigenvalue weighted by molar-refractivity contribution is 6.32. The largest absolute Gasteiger partial charge is 0.508 e. The van der Waals surface area contributed by atoms with Crippen LogP contribution in [0.1, 0.15) is 56.5 Å². The number of nitrogens with zero attached hydrogens (tertiary/aromatic N) is 1. The number of phenolic OH excluding ortho intramolecular Hbond substituents is 1. The average Bonchev–Trinajstić information content (AvgIpc) is 2.97. The fourth-order valence-electron chi connectivity index (χ4n) is 2.87. The van der Waals surface area contributed by atoms with Gasteiger partial charge in [0.25, 0.3) is 0 Å². The standard InChI is InChI=1S/C19H27ClN2O2/c1-3-17-15(18(4-2)22-21-17)9-7-5-6-8-12-24-19-11-10-14(23)13-16(19)20/h10-11,13,23H,3-9,12H2,1-2H3,(H,21,22). The first-order valence-corrected chi connectivity index (χ1v) is 9.19. The van der Waals surface area contributed by atoms with Crippen LogP contribution in [0.4, 0.5) is 0 Å². The second kappa shape index (κ2) is 9.58. The van der Waals surface area contributed by atoms with Gasteiger partial charge in [-0.2, -0.15) is 5.10 Å². The zero-order valence-electron chi connectivity index (χ0n) is 14.6. The lowest BCUT2D eigenvalue weighted by atomic mass is 10.0. The summed E-state index contributed by atoms with van der Waals surface area (Å²) in [6, 6.07) is 4.79. The number of H-pyrrole nitrogens is 1. The summed E-state index contributed by atoms with van der Waals surface area (Å²) >= 11 is 6.01. The zero-order valence-corrected chi connectivity index (χ0v) is 15.3. The van der Waals surface area contributed by atoms with Gasteiger partial charge < -0.3 is 9.84 Å². The molecule has 0 fully saturated rings. The summed E-state index contributed by atoms with van der Waals surface area (Å²) in [5.74, 6) is 0.789. The molecule has 5 heteroatoms. The van der Waals surface area contributed by atoms with Crippen molar-refractivity contribution >= 4 is 11.6 Å². The first-order chi connectivity index (χ1) is 11.7. The van der Waals surface area contributed by atoms with Crippen LogP contribution in [0.15, 0.2) is 18.2 Å². The molecule has 1 heterocycles. The molecule has 132 valence electrons. The van der Waals surface area contributed by atoms with Gasteiger partial charge in [-0.1, -0.05) is 38.3 Å². The topological polar surface area (TPSA) is 58.1 Å². The molecular weight excluding hydrogens is 324 g/mol. The number of aromatic nitrogens is 2. The molecule has 0 unspecified atom stereocenters. The number of aromatic hydroxyl groups is 1. The Morgan fingerprint density at radius 3 is 2.62 bits per heavy atom. The Bertz CT molecular complexity index is 619. The summed E-state index contributed by atoms with van der Waals surface area (Å²) in [7, 11) is 0. The van der Waals surface area contributed by atoms with Crippen molar-refractivity contribution in [3.63, 3.8) is 0 Å². The van der Waals surface area contributed by atoms with Crippen molar-refractivity contribution < 1.29 is 9.84 Å². The van der Waals surface area contributed by atoms with E-state index >= 15 is 0 Å². The molecule has 0 saturated heterocycles. The quantitative estimate of drug-likeness (QED) is 0.588. The third kappa shape index (κ3) is 5.17. The molecule has 0 spiro atoms. The normalized spacial score (nSPS) is 11.0. The molecule has 4 nitrogen and oxygen atoms in total. The summed E-state index contributed by atoms with van der Waals surface area (Å²) in [5, 5.41) is 17.3. The van der Waals surface area contributed by atoms with E-state index < -0.39 is 0 Å². The average molecular weight is 351 g/mol. The van der Waals surface area contributed by atoms with Crippen LogP contribution in [0.25, 0.3) is 0 Å². The van der Waals surface area contributed by atoms with E-state index in [1.807, 2.05) is 0 Å². The molecule has 24 heavy (non-hydrogen) atoms. The van der Waals surface area contributed by atoms with Crippen molar-refractivity contribution in [1.82, 2.24) is 10.2 Å². The molecule has 0 radical (unpaired) electrons. The van der Waals surface area contributed by atoms with Gasteiger partial charge in [-0.3, -0.25) is 5.10 Å². The molecule has 0 aliphatic rings. The summed E-state index contributed by atoms with van der Waals surface area (Å²) in [6.07, 6.45) is 7.62. The molecule has 0 amide bonds. The first kappa shape index (κ1) is 18.7. The first-order valence-electron chi connectivity index (χ1n) is 8.82. The zero-order chi connectivity index (χ0) is 17.4. The van der Waals surface area contributed by atoms with Gasteiger partial charge in [0.05, 0.1) is 17.3 Å². The van der Waals surface area contributed by atoms with Crippen LogP contribution in [0.5, 0.6) is 11.5 Å². The molecule has 0 aliphatic heterocycles. The van der Waals surface area contributed by atoms with Crippen molar-refractivity contribution in [2.45, 2.75) is 58.8 Å². The maximum atomic E-state index is 9.31. The van der Waals surface area contributed by atoms with E-state index in [4.69, 9.17) is 16.3 Å². The predicted octanol–water partition coefficient (Wildman–Crippen LogP) is 5.08. The Kier molecular flexibility index (Phi) is 7.44. The molecule has 0 saturated carbocycles. The second-order valence-corrected chi connectivity index (χ2v) is 6.37. The number of benzene rings is 1. The number of aromatic amines is 1. The summed E-state index contributed by atoms with van der Waals surface area (Å²) < 4.78 is 5.66. The highest BCUT2D eigenvalue weighted by Gasteiger charge is 2.09. The van der Waals surface area contributed by atoms with Gasteiger partial charge in [-0.05, 0) is 49.8 Å². The maximum Gasteiger partial charge on any atom is 0.138 e. The van der Waals surface area contributed by atoms with E-state index in [9.17, 15) is 5.11 Å². The van der Waals surface area contributed by atoms with E-state index in [1.54, 1.807) is 12.1 Å². The minimum atomic E-state index is 0.157. The maximum absolute atomic E-state index is 9.31. The fourth-order valence-corrected chi connectivity index (χ4v) is 3.10. The van der Waals surface area contributed by atoms with Gasteiger partial charge in [-0.25, -0.2) is 0 Å². The smallest absolute Gasteiger partial charge is 0.138 e. The highest BCUT2D eigenvalue weighted by atomic mass is 35.5. The van der Waals surface area contributed by atoms with Gasteiger partial charge in [0.1, 0.15) is 11.5 Å². The molecule has 1 aromatic carbocycles. The SMILES string of the molecule is CCc1n[nH]c(CC)c1CCCCCCOc1ccc(O)cc1Cl. The van der Waals surface area contributed by atoms with Crippen LogP contribution in [0.2, 0.25) is 5.02 Å². The number of unbranched alkanes of at least 4 members (excludes halogenated alkanes) is 3. The Morgan fingerprint density at radius 2 is 1.92 bits per heavy atom. The van der Waals surface area contributed by atoms with Gasteiger partial charge in [-0.15, -0.1) is 0 Å². The third-order valence-corrected chi connectivity index (χ3v) is 4.52.